The Labute approximate surface area is 104 Å². The van der Waals surface area contributed by atoms with Crippen molar-refractivity contribution in [2.45, 2.75) is 43.8 Å². The van der Waals surface area contributed by atoms with Crippen LogP contribution in [0.15, 0.2) is 18.2 Å². The lowest BCUT2D eigenvalue weighted by molar-refractivity contribution is -0.137. The Kier molecular flexibility index (Phi) is 2.85. The van der Waals surface area contributed by atoms with E-state index in [1.165, 1.54) is 12.1 Å². The lowest BCUT2D eigenvalue weighted by atomic mass is 9.91. The average Bonchev–Trinajstić information content (AvgIpc) is 2.95. The highest BCUT2D eigenvalue weighted by Crippen LogP contribution is 2.41. The van der Waals surface area contributed by atoms with Crippen molar-refractivity contribution in [1.29, 1.82) is 0 Å². The Morgan fingerprint density at radius 1 is 1.17 bits per heavy atom. The Morgan fingerprint density at radius 2 is 2.00 bits per heavy atom. The fourth-order valence-electron chi connectivity index (χ4n) is 3.28. The number of nitrogens with one attached hydrogen (secondary N) is 1. The topological polar surface area (TPSA) is 12.0 Å². The van der Waals surface area contributed by atoms with Crippen LogP contribution in [0.5, 0.6) is 0 Å². The summed E-state index contributed by atoms with van der Waals surface area (Å²) in [5.74, 6) is 0.268. The van der Waals surface area contributed by atoms with E-state index < -0.39 is 11.7 Å². The molecule has 1 aliphatic carbocycles. The number of rotatable bonds is 1. The smallest absolute Gasteiger partial charge is 0.313 e. The number of hydrogen-bond donors (Lipinski definition) is 1. The fourth-order valence-corrected chi connectivity index (χ4v) is 3.28. The minimum atomic E-state index is -4.23. The van der Waals surface area contributed by atoms with Crippen molar-refractivity contribution in [2.24, 2.45) is 0 Å². The first-order valence-corrected chi connectivity index (χ1v) is 6.49. The van der Waals surface area contributed by atoms with Gasteiger partial charge in [-0.05, 0) is 61.4 Å². The molecule has 1 heterocycles. The van der Waals surface area contributed by atoms with Crippen LogP contribution >= 0.6 is 0 Å². The molecule has 2 aliphatic rings. The molecule has 2 unspecified atom stereocenters. The average molecular weight is 255 g/mol. The highest BCUT2D eigenvalue weighted by atomic mass is 19.4. The van der Waals surface area contributed by atoms with E-state index in [2.05, 4.69) is 5.32 Å². The molecule has 18 heavy (non-hydrogen) atoms. The third-order valence-electron chi connectivity index (χ3n) is 4.18. The van der Waals surface area contributed by atoms with E-state index in [-0.39, 0.29) is 5.92 Å². The van der Waals surface area contributed by atoms with Crippen molar-refractivity contribution in [3.63, 3.8) is 0 Å². The molecule has 1 saturated heterocycles. The zero-order valence-electron chi connectivity index (χ0n) is 10.1. The first-order chi connectivity index (χ1) is 8.55. The summed E-state index contributed by atoms with van der Waals surface area (Å²) >= 11 is 0. The molecule has 0 radical (unpaired) electrons. The van der Waals surface area contributed by atoms with Crippen molar-refractivity contribution < 1.29 is 13.2 Å². The summed E-state index contributed by atoms with van der Waals surface area (Å²) in [5.41, 5.74) is 1.51. The molecule has 98 valence electrons. The van der Waals surface area contributed by atoms with Crippen LogP contribution in [0.4, 0.5) is 13.2 Å². The van der Waals surface area contributed by atoms with Crippen LogP contribution in [0.25, 0.3) is 0 Å². The second kappa shape index (κ2) is 4.26. The van der Waals surface area contributed by atoms with E-state index in [1.54, 1.807) is 6.07 Å². The van der Waals surface area contributed by atoms with E-state index in [0.29, 0.717) is 6.04 Å². The summed E-state index contributed by atoms with van der Waals surface area (Å²) in [7, 11) is 0. The third-order valence-corrected chi connectivity index (χ3v) is 4.18. The van der Waals surface area contributed by atoms with Crippen molar-refractivity contribution >= 4 is 0 Å². The van der Waals surface area contributed by atoms with E-state index >= 15 is 0 Å². The zero-order chi connectivity index (χ0) is 12.8. The summed E-state index contributed by atoms with van der Waals surface area (Å²) in [6.45, 7) is 0.995. The van der Waals surface area contributed by atoms with E-state index in [4.69, 9.17) is 0 Å². The molecule has 1 aromatic rings. The van der Waals surface area contributed by atoms with Crippen LogP contribution in [0, 0.1) is 0 Å². The molecule has 4 heteroatoms. The minimum absolute atomic E-state index is 0.268. The number of fused-ring (bicyclic) bond motifs is 1. The Morgan fingerprint density at radius 3 is 2.67 bits per heavy atom. The zero-order valence-corrected chi connectivity index (χ0v) is 10.1. The molecule has 1 aliphatic heterocycles. The SMILES string of the molecule is FC(F)(F)c1ccc2c(c1)C(C1CCCN1)CC2. The number of benzene rings is 1. The molecule has 0 bridgehead atoms. The van der Waals surface area contributed by atoms with Gasteiger partial charge in [0.05, 0.1) is 5.56 Å². The summed E-state index contributed by atoms with van der Waals surface area (Å²) in [4.78, 5) is 0. The van der Waals surface area contributed by atoms with Crippen molar-refractivity contribution in [3.05, 3.63) is 34.9 Å². The molecule has 1 nitrogen and oxygen atoms in total. The number of alkyl halides is 3. The molecule has 0 saturated carbocycles. The van der Waals surface area contributed by atoms with Crippen LogP contribution in [-0.2, 0) is 12.6 Å². The van der Waals surface area contributed by atoms with Gasteiger partial charge < -0.3 is 5.32 Å². The van der Waals surface area contributed by atoms with Gasteiger partial charge in [-0.1, -0.05) is 6.07 Å². The molecule has 1 fully saturated rings. The quantitative estimate of drug-likeness (QED) is 0.810. The molecule has 1 N–H and O–H groups in total. The normalized spacial score (nSPS) is 27.5. The van der Waals surface area contributed by atoms with Gasteiger partial charge >= 0.3 is 6.18 Å². The molecular weight excluding hydrogens is 239 g/mol. The maximum Gasteiger partial charge on any atom is 0.416 e. The molecule has 2 atom stereocenters. The summed E-state index contributed by atoms with van der Waals surface area (Å²) < 4.78 is 38.2. The van der Waals surface area contributed by atoms with E-state index in [9.17, 15) is 13.2 Å². The minimum Gasteiger partial charge on any atom is -0.313 e. The summed E-state index contributed by atoms with van der Waals surface area (Å²) in [6, 6.07) is 4.61. The Bertz CT molecular complexity index is 447. The Hall–Kier alpha value is -1.03. The largest absolute Gasteiger partial charge is 0.416 e. The number of hydrogen-bond acceptors (Lipinski definition) is 1. The van der Waals surface area contributed by atoms with Gasteiger partial charge in [0.15, 0.2) is 0 Å². The molecule has 1 aromatic carbocycles. The van der Waals surface area contributed by atoms with Gasteiger partial charge in [-0.15, -0.1) is 0 Å². The van der Waals surface area contributed by atoms with Crippen molar-refractivity contribution in [2.75, 3.05) is 6.54 Å². The predicted molar refractivity (Wildman–Crippen MR) is 63.5 cm³/mol. The molecule has 0 aromatic heterocycles. The first kappa shape index (κ1) is 12.0. The number of aryl methyl sites for hydroxylation is 1. The number of halogens is 3. The lowest BCUT2D eigenvalue weighted by Gasteiger charge is -2.20. The molecule has 0 amide bonds. The third kappa shape index (κ3) is 2.03. The second-order valence-corrected chi connectivity index (χ2v) is 5.26. The van der Waals surface area contributed by atoms with Crippen LogP contribution in [0.3, 0.4) is 0 Å². The van der Waals surface area contributed by atoms with Gasteiger partial charge in [0.2, 0.25) is 0 Å². The highest BCUT2D eigenvalue weighted by molar-refractivity contribution is 5.40. The standard InChI is InChI=1S/C14H16F3N/c15-14(16,17)10-5-3-9-4-6-11(12(9)8-10)13-2-1-7-18-13/h3,5,8,11,13,18H,1-2,4,6-7H2. The van der Waals surface area contributed by atoms with E-state index in [0.717, 1.165) is 43.4 Å². The predicted octanol–water partition coefficient (Wildman–Crippen LogP) is 3.49. The van der Waals surface area contributed by atoms with Gasteiger partial charge in [0.1, 0.15) is 0 Å². The molecule has 0 spiro atoms. The lowest BCUT2D eigenvalue weighted by Crippen LogP contribution is -2.27. The Balaban J connectivity index is 1.93. The van der Waals surface area contributed by atoms with Gasteiger partial charge in [-0.25, -0.2) is 0 Å². The van der Waals surface area contributed by atoms with Crippen LogP contribution in [0.1, 0.15) is 41.9 Å². The first-order valence-electron chi connectivity index (χ1n) is 6.49. The van der Waals surface area contributed by atoms with Crippen molar-refractivity contribution in [1.82, 2.24) is 5.32 Å². The highest BCUT2D eigenvalue weighted by Gasteiger charge is 2.35. The molecule has 3 rings (SSSR count). The van der Waals surface area contributed by atoms with Gasteiger partial charge in [0.25, 0.3) is 0 Å². The molecular formula is C14H16F3N. The maximum absolute atomic E-state index is 12.7. The second-order valence-electron chi connectivity index (χ2n) is 5.26. The fraction of sp³-hybridized carbons (Fsp3) is 0.571. The summed E-state index contributed by atoms with van der Waals surface area (Å²) in [6.07, 6.45) is -0.119. The van der Waals surface area contributed by atoms with E-state index in [1.807, 2.05) is 0 Å². The van der Waals surface area contributed by atoms with Gasteiger partial charge in [0, 0.05) is 6.04 Å². The van der Waals surface area contributed by atoms with Crippen molar-refractivity contribution in [3.8, 4) is 0 Å². The van der Waals surface area contributed by atoms with Crippen LogP contribution in [-0.4, -0.2) is 12.6 Å². The van der Waals surface area contributed by atoms with Crippen LogP contribution < -0.4 is 5.32 Å². The monoisotopic (exact) mass is 255 g/mol. The summed E-state index contributed by atoms with van der Waals surface area (Å²) in [5, 5.41) is 3.42. The van der Waals surface area contributed by atoms with Crippen LogP contribution in [0.2, 0.25) is 0 Å². The maximum atomic E-state index is 12.7. The van der Waals surface area contributed by atoms with Gasteiger partial charge in [-0.2, -0.15) is 13.2 Å². The van der Waals surface area contributed by atoms with Gasteiger partial charge in [-0.3, -0.25) is 0 Å².